The summed E-state index contributed by atoms with van der Waals surface area (Å²) in [5.41, 5.74) is 6.08. The Bertz CT molecular complexity index is 485. The van der Waals surface area contributed by atoms with E-state index < -0.39 is 11.6 Å². The first-order valence-corrected chi connectivity index (χ1v) is 6.24. The van der Waals surface area contributed by atoms with Crippen LogP contribution in [0.15, 0.2) is 12.1 Å². The molecule has 0 saturated carbocycles. The lowest BCUT2D eigenvalue weighted by Gasteiger charge is -2.34. The molecule has 1 aromatic carbocycles. The third kappa shape index (κ3) is 2.94. The zero-order valence-corrected chi connectivity index (χ0v) is 10.7. The highest BCUT2D eigenvalue weighted by Crippen LogP contribution is 2.30. The van der Waals surface area contributed by atoms with Gasteiger partial charge in [0, 0.05) is 26.1 Å². The molecule has 0 atom stereocenters. The second kappa shape index (κ2) is 5.42. The number of amides is 1. The van der Waals surface area contributed by atoms with Crippen LogP contribution in [0.3, 0.4) is 0 Å². The summed E-state index contributed by atoms with van der Waals surface area (Å²) in [7, 11) is 0. The van der Waals surface area contributed by atoms with E-state index >= 15 is 0 Å². The second-order valence-electron chi connectivity index (χ2n) is 4.76. The average Bonchev–Trinajstić information content (AvgIpc) is 2.36. The van der Waals surface area contributed by atoms with E-state index in [0.29, 0.717) is 25.9 Å². The maximum absolute atomic E-state index is 13.8. The number of hydrogen-bond donors (Lipinski definition) is 2. The van der Waals surface area contributed by atoms with Crippen LogP contribution in [0.4, 0.5) is 20.2 Å². The third-order valence-electron chi connectivity index (χ3n) is 3.32. The van der Waals surface area contributed by atoms with Gasteiger partial charge in [-0.1, -0.05) is 0 Å². The molecule has 1 aliphatic rings. The fraction of sp³-hybridized carbons (Fsp3) is 0.462. The van der Waals surface area contributed by atoms with Gasteiger partial charge in [-0.2, -0.15) is 0 Å². The average molecular weight is 269 g/mol. The molecule has 0 bridgehead atoms. The normalized spacial score (nSPS) is 16.5. The lowest BCUT2D eigenvalue weighted by molar-refractivity contribution is -0.119. The number of piperidine rings is 1. The molecule has 0 unspecified atom stereocenters. The highest BCUT2D eigenvalue weighted by atomic mass is 19.2. The molecule has 0 spiro atoms. The lowest BCUT2D eigenvalue weighted by Crippen LogP contribution is -2.44. The number of anilines is 2. The number of hydrogen-bond acceptors (Lipinski definition) is 3. The summed E-state index contributed by atoms with van der Waals surface area (Å²) in [6.45, 7) is 2.54. The SMILES string of the molecule is CC(=O)NC1CCN(c2c(N)ccc(F)c2F)CC1. The van der Waals surface area contributed by atoms with Gasteiger partial charge < -0.3 is 16.0 Å². The summed E-state index contributed by atoms with van der Waals surface area (Å²) in [5, 5.41) is 2.83. The Morgan fingerprint density at radius 2 is 2.00 bits per heavy atom. The van der Waals surface area contributed by atoms with E-state index in [1.54, 1.807) is 4.90 Å². The van der Waals surface area contributed by atoms with Crippen LogP contribution in [-0.4, -0.2) is 25.0 Å². The van der Waals surface area contributed by atoms with E-state index in [1.165, 1.54) is 13.0 Å². The summed E-state index contributed by atoms with van der Waals surface area (Å²) in [6.07, 6.45) is 1.38. The first kappa shape index (κ1) is 13.6. The van der Waals surface area contributed by atoms with Crippen LogP contribution < -0.4 is 16.0 Å². The molecule has 3 N–H and O–H groups in total. The molecule has 0 aromatic heterocycles. The molecule has 4 nitrogen and oxygen atoms in total. The number of benzene rings is 1. The summed E-state index contributed by atoms with van der Waals surface area (Å²) in [5.74, 6) is -1.87. The Kier molecular flexibility index (Phi) is 3.87. The molecule has 1 amide bonds. The van der Waals surface area contributed by atoms with Crippen molar-refractivity contribution in [1.82, 2.24) is 5.32 Å². The maximum Gasteiger partial charge on any atom is 0.217 e. The quantitative estimate of drug-likeness (QED) is 0.803. The van der Waals surface area contributed by atoms with Crippen molar-refractivity contribution in [3.63, 3.8) is 0 Å². The molecule has 1 aliphatic heterocycles. The smallest absolute Gasteiger partial charge is 0.217 e. The maximum atomic E-state index is 13.8. The molecule has 6 heteroatoms. The summed E-state index contributed by atoms with van der Waals surface area (Å²) < 4.78 is 27.0. The zero-order chi connectivity index (χ0) is 14.0. The number of nitrogens with zero attached hydrogens (tertiary/aromatic N) is 1. The Morgan fingerprint density at radius 1 is 1.37 bits per heavy atom. The molecule has 104 valence electrons. The predicted molar refractivity (Wildman–Crippen MR) is 69.8 cm³/mol. The number of nitrogen functional groups attached to an aromatic ring is 1. The zero-order valence-electron chi connectivity index (χ0n) is 10.7. The van der Waals surface area contributed by atoms with E-state index in [2.05, 4.69) is 5.32 Å². The number of carbonyl (C=O) groups is 1. The second-order valence-corrected chi connectivity index (χ2v) is 4.76. The lowest BCUT2D eigenvalue weighted by atomic mass is 10.0. The Balaban J connectivity index is 2.10. The van der Waals surface area contributed by atoms with Crippen molar-refractivity contribution >= 4 is 17.3 Å². The van der Waals surface area contributed by atoms with Crippen molar-refractivity contribution in [2.24, 2.45) is 0 Å². The third-order valence-corrected chi connectivity index (χ3v) is 3.32. The van der Waals surface area contributed by atoms with Gasteiger partial charge in [-0.15, -0.1) is 0 Å². The van der Waals surface area contributed by atoms with Crippen LogP contribution in [0, 0.1) is 11.6 Å². The molecular weight excluding hydrogens is 252 g/mol. The standard InChI is InChI=1S/C13H17F2N3O/c1-8(19)17-9-4-6-18(7-5-9)13-11(16)3-2-10(14)12(13)15/h2-3,9H,4-7,16H2,1H3,(H,17,19). The molecule has 0 radical (unpaired) electrons. The number of nitrogens with one attached hydrogen (secondary N) is 1. The first-order valence-electron chi connectivity index (χ1n) is 6.24. The topological polar surface area (TPSA) is 58.4 Å². The molecule has 2 rings (SSSR count). The fourth-order valence-electron chi connectivity index (χ4n) is 2.41. The Hall–Kier alpha value is -1.85. The van der Waals surface area contributed by atoms with Crippen molar-refractivity contribution in [2.45, 2.75) is 25.8 Å². The van der Waals surface area contributed by atoms with E-state index in [0.717, 1.165) is 6.07 Å². The summed E-state index contributed by atoms with van der Waals surface area (Å²) in [6, 6.07) is 2.48. The number of nitrogens with two attached hydrogens (primary N) is 1. The van der Waals surface area contributed by atoms with Crippen LogP contribution in [0.25, 0.3) is 0 Å². The Morgan fingerprint density at radius 3 is 2.58 bits per heavy atom. The largest absolute Gasteiger partial charge is 0.397 e. The van der Waals surface area contributed by atoms with Gasteiger partial charge in [-0.05, 0) is 25.0 Å². The van der Waals surface area contributed by atoms with Crippen molar-refractivity contribution in [3.8, 4) is 0 Å². The van der Waals surface area contributed by atoms with Crippen molar-refractivity contribution in [2.75, 3.05) is 23.7 Å². The van der Waals surface area contributed by atoms with Gasteiger partial charge >= 0.3 is 0 Å². The van der Waals surface area contributed by atoms with Gasteiger partial charge in [-0.25, -0.2) is 8.78 Å². The number of halogens is 2. The first-order chi connectivity index (χ1) is 8.99. The van der Waals surface area contributed by atoms with Gasteiger partial charge in [0.1, 0.15) is 0 Å². The van der Waals surface area contributed by atoms with Crippen LogP contribution in [0.2, 0.25) is 0 Å². The van der Waals surface area contributed by atoms with E-state index in [9.17, 15) is 13.6 Å². The molecule has 1 saturated heterocycles. The monoisotopic (exact) mass is 269 g/mol. The molecule has 1 heterocycles. The highest BCUT2D eigenvalue weighted by molar-refractivity contribution is 5.73. The van der Waals surface area contributed by atoms with Gasteiger partial charge in [0.05, 0.1) is 11.4 Å². The van der Waals surface area contributed by atoms with Crippen molar-refractivity contribution in [1.29, 1.82) is 0 Å². The fourth-order valence-corrected chi connectivity index (χ4v) is 2.41. The van der Waals surface area contributed by atoms with E-state index in [1.807, 2.05) is 0 Å². The van der Waals surface area contributed by atoms with Crippen LogP contribution in [0.5, 0.6) is 0 Å². The minimum Gasteiger partial charge on any atom is -0.397 e. The minimum absolute atomic E-state index is 0.0742. The summed E-state index contributed by atoms with van der Waals surface area (Å²) >= 11 is 0. The minimum atomic E-state index is -0.905. The van der Waals surface area contributed by atoms with Crippen LogP contribution >= 0.6 is 0 Å². The molecule has 19 heavy (non-hydrogen) atoms. The van der Waals surface area contributed by atoms with Crippen molar-refractivity contribution < 1.29 is 13.6 Å². The van der Waals surface area contributed by atoms with Crippen LogP contribution in [0.1, 0.15) is 19.8 Å². The molecule has 0 aliphatic carbocycles. The number of rotatable bonds is 2. The van der Waals surface area contributed by atoms with Gasteiger partial charge in [-0.3, -0.25) is 4.79 Å². The van der Waals surface area contributed by atoms with E-state index in [4.69, 9.17) is 5.73 Å². The van der Waals surface area contributed by atoms with E-state index in [-0.39, 0.29) is 23.3 Å². The molecule has 1 aromatic rings. The van der Waals surface area contributed by atoms with Crippen molar-refractivity contribution in [3.05, 3.63) is 23.8 Å². The van der Waals surface area contributed by atoms with Gasteiger partial charge in [0.25, 0.3) is 0 Å². The van der Waals surface area contributed by atoms with Crippen LogP contribution in [-0.2, 0) is 4.79 Å². The molecular formula is C13H17F2N3O. The predicted octanol–water partition coefficient (Wildman–Crippen LogP) is 1.65. The molecule has 1 fully saturated rings. The van der Waals surface area contributed by atoms with Gasteiger partial charge in [0.2, 0.25) is 5.91 Å². The summed E-state index contributed by atoms with van der Waals surface area (Å²) in [4.78, 5) is 12.7. The number of carbonyl (C=O) groups excluding carboxylic acids is 1. The highest BCUT2D eigenvalue weighted by Gasteiger charge is 2.24. The Labute approximate surface area is 110 Å². The van der Waals surface area contributed by atoms with Gasteiger partial charge in [0.15, 0.2) is 11.6 Å².